The second-order valence-electron chi connectivity index (χ2n) is 6.85. The van der Waals surface area contributed by atoms with Crippen LogP contribution in [0.2, 0.25) is 0 Å². The number of amides is 3. The molecular formula is C20H16N2O3S. The maximum Gasteiger partial charge on any atom is 0.241 e. The van der Waals surface area contributed by atoms with Gasteiger partial charge in [-0.05, 0) is 17.7 Å². The molecule has 0 saturated carbocycles. The molecule has 3 aliphatic heterocycles. The number of hydrogen-bond acceptors (Lipinski definition) is 4. The van der Waals surface area contributed by atoms with Crippen LogP contribution in [0.3, 0.4) is 0 Å². The molecule has 2 aromatic rings. The number of imide groups is 1. The minimum absolute atomic E-state index is 0.0730. The molecule has 0 radical (unpaired) electrons. The van der Waals surface area contributed by atoms with E-state index < -0.39 is 22.0 Å². The largest absolute Gasteiger partial charge is 0.325 e. The number of carbonyl (C=O) groups excluding carboxylic acids is 3. The fourth-order valence-electron chi connectivity index (χ4n) is 4.54. The molecule has 130 valence electrons. The quantitative estimate of drug-likeness (QED) is 0.767. The second-order valence-corrected chi connectivity index (χ2v) is 8.22. The Bertz CT molecular complexity index is 933. The van der Waals surface area contributed by atoms with Crippen molar-refractivity contribution in [1.29, 1.82) is 0 Å². The maximum atomic E-state index is 13.4. The zero-order valence-electron chi connectivity index (χ0n) is 14.0. The van der Waals surface area contributed by atoms with E-state index in [0.29, 0.717) is 5.69 Å². The van der Waals surface area contributed by atoms with E-state index in [2.05, 4.69) is 0 Å². The SMILES string of the molecule is CN1C(=O)[C@@H]2S[C@@]1(c1ccccc1)[C@H]1C(=O)N(c3ccccc3)C(=O)[C@@H]21. The lowest BCUT2D eigenvalue weighted by Gasteiger charge is -2.40. The van der Waals surface area contributed by atoms with Gasteiger partial charge in [-0.1, -0.05) is 48.5 Å². The van der Waals surface area contributed by atoms with Gasteiger partial charge in [0, 0.05) is 7.05 Å². The third kappa shape index (κ3) is 1.70. The summed E-state index contributed by atoms with van der Waals surface area (Å²) >= 11 is 1.45. The summed E-state index contributed by atoms with van der Waals surface area (Å²) in [6, 6.07) is 18.5. The van der Waals surface area contributed by atoms with Crippen LogP contribution in [0.25, 0.3) is 0 Å². The zero-order chi connectivity index (χ0) is 18.1. The van der Waals surface area contributed by atoms with Crippen LogP contribution < -0.4 is 4.90 Å². The van der Waals surface area contributed by atoms with Crippen molar-refractivity contribution >= 4 is 35.2 Å². The molecule has 2 bridgehead atoms. The number of likely N-dealkylation sites (tertiary alicyclic amines) is 1. The molecule has 0 N–H and O–H groups in total. The third-order valence-electron chi connectivity index (χ3n) is 5.68. The van der Waals surface area contributed by atoms with E-state index in [9.17, 15) is 14.4 Å². The highest BCUT2D eigenvalue weighted by Crippen LogP contribution is 2.66. The molecule has 26 heavy (non-hydrogen) atoms. The van der Waals surface area contributed by atoms with Crippen molar-refractivity contribution in [2.24, 2.45) is 11.8 Å². The number of benzene rings is 2. The molecule has 0 aliphatic carbocycles. The first-order valence-corrected chi connectivity index (χ1v) is 9.39. The topological polar surface area (TPSA) is 57.7 Å². The number of fused-ring (bicyclic) bond motifs is 5. The number of para-hydroxylation sites is 1. The van der Waals surface area contributed by atoms with Gasteiger partial charge in [0.15, 0.2) is 0 Å². The predicted molar refractivity (Wildman–Crippen MR) is 98.2 cm³/mol. The van der Waals surface area contributed by atoms with Crippen molar-refractivity contribution in [2.45, 2.75) is 10.1 Å². The first-order valence-electron chi connectivity index (χ1n) is 8.51. The summed E-state index contributed by atoms with van der Waals surface area (Å²) in [5, 5.41) is -0.504. The Balaban J connectivity index is 1.68. The number of thioether (sulfide) groups is 1. The molecular weight excluding hydrogens is 348 g/mol. The third-order valence-corrected chi connectivity index (χ3v) is 7.55. The smallest absolute Gasteiger partial charge is 0.241 e. The predicted octanol–water partition coefficient (Wildman–Crippen LogP) is 2.23. The van der Waals surface area contributed by atoms with E-state index in [-0.39, 0.29) is 17.7 Å². The standard InChI is InChI=1S/C20H16N2O3S/c1-21-19(25)16-14-15(20(21,26-16)12-8-4-2-5-9-12)18(24)22(17(14)23)13-10-6-3-7-11-13/h2-11,14-16H,1H3/t14-,15-,16-,20+/m1/s1. The van der Waals surface area contributed by atoms with Gasteiger partial charge in [0.1, 0.15) is 4.87 Å². The Labute approximate surface area is 155 Å². The fraction of sp³-hybridized carbons (Fsp3) is 0.250. The Morgan fingerprint density at radius 3 is 2.12 bits per heavy atom. The molecule has 3 aliphatic rings. The lowest BCUT2D eigenvalue weighted by molar-refractivity contribution is -0.142. The van der Waals surface area contributed by atoms with Crippen molar-refractivity contribution in [3.8, 4) is 0 Å². The number of hydrogen-bond donors (Lipinski definition) is 0. The Morgan fingerprint density at radius 1 is 0.846 bits per heavy atom. The summed E-state index contributed by atoms with van der Waals surface area (Å²) in [5.41, 5.74) is 1.46. The van der Waals surface area contributed by atoms with E-state index in [1.807, 2.05) is 36.4 Å². The number of nitrogens with zero attached hydrogens (tertiary/aromatic N) is 2. The van der Waals surface area contributed by atoms with E-state index in [4.69, 9.17) is 0 Å². The summed E-state index contributed by atoms with van der Waals surface area (Å²) in [6.07, 6.45) is 0. The summed E-state index contributed by atoms with van der Waals surface area (Å²) in [4.78, 5) is 41.4. The molecule has 3 saturated heterocycles. The minimum atomic E-state index is -0.816. The minimum Gasteiger partial charge on any atom is -0.325 e. The molecule has 3 amide bonds. The van der Waals surface area contributed by atoms with Crippen LogP contribution in [0, 0.1) is 11.8 Å². The molecule has 5 rings (SSSR count). The van der Waals surface area contributed by atoms with Crippen LogP contribution in [0.5, 0.6) is 0 Å². The average molecular weight is 364 g/mol. The highest BCUT2D eigenvalue weighted by atomic mass is 32.2. The van der Waals surface area contributed by atoms with Crippen molar-refractivity contribution < 1.29 is 14.4 Å². The van der Waals surface area contributed by atoms with Crippen molar-refractivity contribution in [2.75, 3.05) is 11.9 Å². The van der Waals surface area contributed by atoms with Crippen molar-refractivity contribution in [1.82, 2.24) is 4.90 Å². The van der Waals surface area contributed by atoms with Gasteiger partial charge in [-0.25, -0.2) is 4.90 Å². The van der Waals surface area contributed by atoms with Gasteiger partial charge in [0.25, 0.3) is 0 Å². The first kappa shape index (κ1) is 15.6. The van der Waals surface area contributed by atoms with Crippen LogP contribution in [-0.4, -0.2) is 34.9 Å². The number of piperidine rings is 1. The van der Waals surface area contributed by atoms with Gasteiger partial charge in [0.05, 0.1) is 22.8 Å². The summed E-state index contributed by atoms with van der Waals surface area (Å²) in [5.74, 6) is -1.71. The first-order chi connectivity index (χ1) is 12.6. The molecule has 2 aromatic carbocycles. The van der Waals surface area contributed by atoms with Crippen LogP contribution in [-0.2, 0) is 19.3 Å². The van der Waals surface area contributed by atoms with E-state index in [0.717, 1.165) is 5.56 Å². The highest BCUT2D eigenvalue weighted by molar-refractivity contribution is 8.02. The van der Waals surface area contributed by atoms with Crippen LogP contribution in [0.4, 0.5) is 5.69 Å². The van der Waals surface area contributed by atoms with Crippen LogP contribution >= 0.6 is 11.8 Å². The average Bonchev–Trinajstić information content (AvgIpc) is 3.25. The lowest BCUT2D eigenvalue weighted by atomic mass is 9.78. The summed E-state index contributed by atoms with van der Waals surface area (Å²) in [6.45, 7) is 0. The lowest BCUT2D eigenvalue weighted by Crippen LogP contribution is -2.53. The van der Waals surface area contributed by atoms with Gasteiger partial charge >= 0.3 is 0 Å². The Morgan fingerprint density at radius 2 is 1.46 bits per heavy atom. The van der Waals surface area contributed by atoms with Gasteiger partial charge in [-0.3, -0.25) is 14.4 Å². The summed E-state index contributed by atoms with van der Waals surface area (Å²) < 4.78 is 0. The number of anilines is 1. The van der Waals surface area contributed by atoms with E-state index in [1.165, 1.54) is 16.7 Å². The van der Waals surface area contributed by atoms with Gasteiger partial charge in [-0.2, -0.15) is 0 Å². The zero-order valence-corrected chi connectivity index (χ0v) is 14.8. The molecule has 5 nitrogen and oxygen atoms in total. The Hall–Kier alpha value is -2.60. The van der Waals surface area contributed by atoms with Crippen molar-refractivity contribution in [3.05, 3.63) is 66.2 Å². The number of rotatable bonds is 2. The van der Waals surface area contributed by atoms with Gasteiger partial charge in [0.2, 0.25) is 17.7 Å². The molecule has 0 unspecified atom stereocenters. The van der Waals surface area contributed by atoms with E-state index in [1.54, 1.807) is 36.2 Å². The molecule has 6 heteroatoms. The normalized spacial score (nSPS) is 32.5. The van der Waals surface area contributed by atoms with Gasteiger partial charge < -0.3 is 4.90 Å². The molecule has 3 fully saturated rings. The number of carbonyl (C=O) groups is 3. The van der Waals surface area contributed by atoms with Crippen LogP contribution in [0.1, 0.15) is 5.56 Å². The van der Waals surface area contributed by atoms with Crippen molar-refractivity contribution in [3.63, 3.8) is 0 Å². The highest BCUT2D eigenvalue weighted by Gasteiger charge is 2.74. The summed E-state index contributed by atoms with van der Waals surface area (Å²) in [7, 11) is 1.74. The molecule has 3 heterocycles. The molecule has 0 spiro atoms. The van der Waals surface area contributed by atoms with Gasteiger partial charge in [-0.15, -0.1) is 11.8 Å². The monoisotopic (exact) mass is 364 g/mol. The fourth-order valence-corrected chi connectivity index (χ4v) is 6.52. The second kappa shape index (κ2) is 5.20. The molecule has 4 atom stereocenters. The Kier molecular flexibility index (Phi) is 3.13. The van der Waals surface area contributed by atoms with Crippen LogP contribution in [0.15, 0.2) is 60.7 Å². The van der Waals surface area contributed by atoms with E-state index >= 15 is 0 Å². The maximum absolute atomic E-state index is 13.4. The molecule has 0 aromatic heterocycles.